The maximum absolute atomic E-state index is 13.6. The van der Waals surface area contributed by atoms with Crippen LogP contribution in [-0.2, 0) is 6.42 Å². The zero-order chi connectivity index (χ0) is 15.4. The molecule has 2 aromatic rings. The van der Waals surface area contributed by atoms with Crippen molar-refractivity contribution < 1.29 is 18.3 Å². The van der Waals surface area contributed by atoms with Gasteiger partial charge in [-0.25, -0.2) is 8.78 Å². The highest BCUT2D eigenvalue weighted by molar-refractivity contribution is 6.30. The van der Waals surface area contributed by atoms with Crippen LogP contribution in [0.3, 0.4) is 0 Å². The van der Waals surface area contributed by atoms with Gasteiger partial charge < -0.3 is 4.74 Å². The van der Waals surface area contributed by atoms with Crippen molar-refractivity contribution in [2.45, 2.75) is 12.8 Å². The Morgan fingerprint density at radius 3 is 2.43 bits per heavy atom. The lowest BCUT2D eigenvalue weighted by molar-refractivity contribution is 0.0978. The van der Waals surface area contributed by atoms with E-state index in [0.29, 0.717) is 6.42 Å². The minimum absolute atomic E-state index is 0.0876. The summed E-state index contributed by atoms with van der Waals surface area (Å²) >= 11 is 5.45. The van der Waals surface area contributed by atoms with Crippen LogP contribution in [-0.4, -0.2) is 12.9 Å². The van der Waals surface area contributed by atoms with Gasteiger partial charge in [-0.3, -0.25) is 4.79 Å². The highest BCUT2D eigenvalue weighted by Gasteiger charge is 2.15. The van der Waals surface area contributed by atoms with Crippen molar-refractivity contribution in [2.75, 3.05) is 7.11 Å². The molecule has 0 aromatic heterocycles. The second-order valence-corrected chi connectivity index (χ2v) is 4.92. The quantitative estimate of drug-likeness (QED) is 0.603. The number of benzene rings is 2. The third kappa shape index (κ3) is 3.79. The first kappa shape index (κ1) is 15.4. The standard InChI is InChI=1S/C16H13ClF2O2/c1-21-11-5-2-10(3-6-11)4-7-16(20)12-8-15(19)13(17)9-14(12)18/h2-3,5-6,8-9H,4,7H2,1H3. The summed E-state index contributed by atoms with van der Waals surface area (Å²) in [5, 5.41) is -0.334. The Bertz CT molecular complexity index is 654. The SMILES string of the molecule is COc1ccc(CCC(=O)c2cc(F)c(Cl)cc2F)cc1. The molecule has 0 unspecified atom stereocenters. The average Bonchev–Trinajstić information content (AvgIpc) is 2.49. The van der Waals surface area contributed by atoms with Gasteiger partial charge in [0.2, 0.25) is 0 Å². The highest BCUT2D eigenvalue weighted by Crippen LogP contribution is 2.21. The Balaban J connectivity index is 2.06. The minimum atomic E-state index is -0.805. The molecule has 2 aromatic carbocycles. The van der Waals surface area contributed by atoms with Crippen LogP contribution in [0.15, 0.2) is 36.4 Å². The molecule has 0 aliphatic rings. The van der Waals surface area contributed by atoms with Crippen LogP contribution in [0, 0.1) is 11.6 Å². The number of Topliss-reactive ketones (excluding diaryl/α,β-unsaturated/α-hetero) is 1. The molecule has 0 amide bonds. The predicted molar refractivity (Wildman–Crippen MR) is 77.0 cm³/mol. The van der Waals surface area contributed by atoms with E-state index in [1.54, 1.807) is 19.2 Å². The summed E-state index contributed by atoms with van der Waals surface area (Å²) in [7, 11) is 1.57. The van der Waals surface area contributed by atoms with Crippen LogP contribution < -0.4 is 4.74 Å². The molecule has 2 rings (SSSR count). The van der Waals surface area contributed by atoms with Crippen molar-refractivity contribution >= 4 is 17.4 Å². The van der Waals surface area contributed by atoms with E-state index in [0.717, 1.165) is 23.4 Å². The third-order valence-electron chi connectivity index (χ3n) is 3.11. The number of ether oxygens (including phenoxy) is 1. The summed E-state index contributed by atoms with van der Waals surface area (Å²) in [5.74, 6) is -1.35. The van der Waals surface area contributed by atoms with E-state index in [-0.39, 0.29) is 17.0 Å². The van der Waals surface area contributed by atoms with Gasteiger partial charge in [0.25, 0.3) is 0 Å². The molecule has 0 atom stereocenters. The monoisotopic (exact) mass is 310 g/mol. The summed E-state index contributed by atoms with van der Waals surface area (Å²) in [6.07, 6.45) is 0.525. The molecule has 110 valence electrons. The summed E-state index contributed by atoms with van der Waals surface area (Å²) in [4.78, 5) is 12.0. The predicted octanol–water partition coefficient (Wildman–Crippen LogP) is 4.44. The first-order valence-electron chi connectivity index (χ1n) is 6.32. The summed E-state index contributed by atoms with van der Waals surface area (Å²) in [5.41, 5.74) is 0.643. The Labute approximate surface area is 126 Å². The van der Waals surface area contributed by atoms with E-state index < -0.39 is 17.4 Å². The number of hydrogen-bond donors (Lipinski definition) is 0. The number of carbonyl (C=O) groups is 1. The molecule has 21 heavy (non-hydrogen) atoms. The van der Waals surface area contributed by atoms with Crippen LogP contribution in [0.2, 0.25) is 5.02 Å². The van der Waals surface area contributed by atoms with Gasteiger partial charge in [0.05, 0.1) is 17.7 Å². The van der Waals surface area contributed by atoms with Gasteiger partial charge in [-0.1, -0.05) is 23.7 Å². The fourth-order valence-electron chi connectivity index (χ4n) is 1.92. The number of carbonyl (C=O) groups excluding carboxylic acids is 1. The number of halogens is 3. The smallest absolute Gasteiger partial charge is 0.166 e. The lowest BCUT2D eigenvalue weighted by atomic mass is 10.0. The van der Waals surface area contributed by atoms with Gasteiger partial charge in [-0.15, -0.1) is 0 Å². The molecule has 0 radical (unpaired) electrons. The molecular weight excluding hydrogens is 298 g/mol. The number of methoxy groups -OCH3 is 1. The van der Waals surface area contributed by atoms with Crippen molar-refractivity contribution in [1.82, 2.24) is 0 Å². The van der Waals surface area contributed by atoms with Gasteiger partial charge in [0.1, 0.15) is 17.4 Å². The molecule has 0 aliphatic carbocycles. The number of hydrogen-bond acceptors (Lipinski definition) is 2. The molecule has 0 heterocycles. The van der Waals surface area contributed by atoms with Crippen LogP contribution in [0.1, 0.15) is 22.3 Å². The van der Waals surface area contributed by atoms with Crippen LogP contribution >= 0.6 is 11.6 Å². The zero-order valence-electron chi connectivity index (χ0n) is 11.3. The highest BCUT2D eigenvalue weighted by atomic mass is 35.5. The lowest BCUT2D eigenvalue weighted by Crippen LogP contribution is -2.05. The van der Waals surface area contributed by atoms with Crippen molar-refractivity contribution in [3.63, 3.8) is 0 Å². The van der Waals surface area contributed by atoms with Gasteiger partial charge in [0, 0.05) is 6.42 Å². The second kappa shape index (κ2) is 6.68. The second-order valence-electron chi connectivity index (χ2n) is 4.52. The molecular formula is C16H13ClF2O2. The largest absolute Gasteiger partial charge is 0.497 e. The zero-order valence-corrected chi connectivity index (χ0v) is 12.1. The molecule has 0 fully saturated rings. The van der Waals surface area contributed by atoms with E-state index in [4.69, 9.17) is 16.3 Å². The van der Waals surface area contributed by atoms with Crippen LogP contribution in [0.5, 0.6) is 5.75 Å². The fraction of sp³-hybridized carbons (Fsp3) is 0.188. The Hall–Kier alpha value is -1.94. The number of aryl methyl sites for hydroxylation is 1. The van der Waals surface area contributed by atoms with Crippen molar-refractivity contribution in [2.24, 2.45) is 0 Å². The maximum atomic E-state index is 13.6. The van der Waals surface area contributed by atoms with E-state index in [9.17, 15) is 13.6 Å². The topological polar surface area (TPSA) is 26.3 Å². The van der Waals surface area contributed by atoms with Gasteiger partial charge in [0.15, 0.2) is 5.78 Å². The summed E-state index contributed by atoms with van der Waals surface area (Å²) in [6.45, 7) is 0. The van der Waals surface area contributed by atoms with E-state index >= 15 is 0 Å². The fourth-order valence-corrected chi connectivity index (χ4v) is 2.07. The maximum Gasteiger partial charge on any atom is 0.166 e. The van der Waals surface area contributed by atoms with Gasteiger partial charge in [-0.2, -0.15) is 0 Å². The number of ketones is 1. The van der Waals surface area contributed by atoms with E-state index in [2.05, 4.69) is 0 Å². The molecule has 2 nitrogen and oxygen atoms in total. The van der Waals surface area contributed by atoms with Crippen molar-refractivity contribution in [1.29, 1.82) is 0 Å². The summed E-state index contributed by atoms with van der Waals surface area (Å²) < 4.78 is 32.0. The molecule has 0 N–H and O–H groups in total. The Morgan fingerprint density at radius 1 is 1.14 bits per heavy atom. The average molecular weight is 311 g/mol. The molecule has 0 saturated heterocycles. The lowest BCUT2D eigenvalue weighted by Gasteiger charge is -2.05. The van der Waals surface area contributed by atoms with Crippen LogP contribution in [0.25, 0.3) is 0 Å². The van der Waals surface area contributed by atoms with E-state index in [1.807, 2.05) is 12.1 Å². The first-order valence-corrected chi connectivity index (χ1v) is 6.69. The van der Waals surface area contributed by atoms with Crippen LogP contribution in [0.4, 0.5) is 8.78 Å². The van der Waals surface area contributed by atoms with E-state index in [1.165, 1.54) is 0 Å². The van der Waals surface area contributed by atoms with Crippen molar-refractivity contribution in [3.8, 4) is 5.75 Å². The molecule has 5 heteroatoms. The molecule has 0 bridgehead atoms. The van der Waals surface area contributed by atoms with Gasteiger partial charge in [-0.05, 0) is 36.2 Å². The normalized spacial score (nSPS) is 10.5. The van der Waals surface area contributed by atoms with Gasteiger partial charge >= 0.3 is 0 Å². The Kier molecular flexibility index (Phi) is 4.91. The summed E-state index contributed by atoms with van der Waals surface area (Å²) in [6, 6.07) is 8.87. The molecule has 0 saturated carbocycles. The molecule has 0 aliphatic heterocycles. The minimum Gasteiger partial charge on any atom is -0.497 e. The third-order valence-corrected chi connectivity index (χ3v) is 3.40. The first-order chi connectivity index (χ1) is 10.0. The van der Waals surface area contributed by atoms with Crippen molar-refractivity contribution in [3.05, 3.63) is 64.2 Å². The molecule has 0 spiro atoms. The Morgan fingerprint density at radius 2 is 1.81 bits per heavy atom. The number of rotatable bonds is 5.